The molecule has 1 amide bonds. The molecule has 2 N–H and O–H groups in total. The number of morpholine rings is 1. The van der Waals surface area contributed by atoms with E-state index in [2.05, 4.69) is 17.0 Å². The molecule has 0 atom stereocenters. The first kappa shape index (κ1) is 22.9. The zero-order chi connectivity index (χ0) is 23.3. The SMILES string of the molecule is O=C(/C=C/c1ccn(S(=O)(=O)c2cccc(-c3ccc(CN4CCOCC4)cc3)c2)c1)NO. The predicted molar refractivity (Wildman–Crippen MR) is 124 cm³/mol. The van der Waals surface area contributed by atoms with Crippen molar-refractivity contribution in [3.8, 4) is 11.1 Å². The van der Waals surface area contributed by atoms with Crippen molar-refractivity contribution in [1.29, 1.82) is 0 Å². The van der Waals surface area contributed by atoms with E-state index in [4.69, 9.17) is 9.94 Å². The van der Waals surface area contributed by atoms with Crippen molar-refractivity contribution in [2.75, 3.05) is 26.3 Å². The highest BCUT2D eigenvalue weighted by atomic mass is 32.2. The summed E-state index contributed by atoms with van der Waals surface area (Å²) in [7, 11) is -3.81. The van der Waals surface area contributed by atoms with Crippen LogP contribution in [0.5, 0.6) is 0 Å². The van der Waals surface area contributed by atoms with Crippen LogP contribution in [0.25, 0.3) is 17.2 Å². The molecule has 1 aromatic heterocycles. The topological polar surface area (TPSA) is 101 Å². The molecule has 1 fully saturated rings. The Bertz CT molecular complexity index is 1240. The van der Waals surface area contributed by atoms with Crippen molar-refractivity contribution in [2.24, 2.45) is 0 Å². The molecule has 2 heterocycles. The highest BCUT2D eigenvalue weighted by Gasteiger charge is 2.17. The smallest absolute Gasteiger partial charge is 0.267 e. The largest absolute Gasteiger partial charge is 0.379 e. The quantitative estimate of drug-likeness (QED) is 0.315. The second kappa shape index (κ2) is 10.1. The Hall–Kier alpha value is -3.24. The van der Waals surface area contributed by atoms with Crippen molar-refractivity contribution in [3.63, 3.8) is 0 Å². The molecule has 0 bridgehead atoms. The fraction of sp³-hybridized carbons (Fsp3) is 0.208. The van der Waals surface area contributed by atoms with E-state index >= 15 is 0 Å². The van der Waals surface area contributed by atoms with E-state index in [-0.39, 0.29) is 4.90 Å². The van der Waals surface area contributed by atoms with Crippen LogP contribution in [0.2, 0.25) is 0 Å². The number of aromatic nitrogens is 1. The second-order valence-electron chi connectivity index (χ2n) is 7.70. The number of hydroxylamine groups is 1. The lowest BCUT2D eigenvalue weighted by molar-refractivity contribution is -0.124. The first-order valence-electron chi connectivity index (χ1n) is 10.5. The Kier molecular flexibility index (Phi) is 7.05. The third-order valence-corrected chi connectivity index (χ3v) is 7.07. The highest BCUT2D eigenvalue weighted by Crippen LogP contribution is 2.25. The van der Waals surface area contributed by atoms with Gasteiger partial charge in [-0.2, -0.15) is 0 Å². The van der Waals surface area contributed by atoms with E-state index in [1.165, 1.54) is 29.5 Å². The number of carbonyl (C=O) groups excluding carboxylic acids is 1. The van der Waals surface area contributed by atoms with Crippen molar-refractivity contribution >= 4 is 22.0 Å². The van der Waals surface area contributed by atoms with Gasteiger partial charge in [0, 0.05) is 38.1 Å². The van der Waals surface area contributed by atoms with E-state index in [1.807, 2.05) is 18.2 Å². The Balaban J connectivity index is 1.52. The standard InChI is InChI=1S/C24H25N3O5S/c28-24(25-29)9-6-20-10-11-27(18-20)33(30,31)23-3-1-2-22(16-23)21-7-4-19(5-8-21)17-26-12-14-32-15-13-26/h1-11,16,18,29H,12-15,17H2,(H,25,28)/b9-6+. The average Bonchev–Trinajstić information content (AvgIpc) is 3.34. The Morgan fingerprint density at radius 1 is 1.06 bits per heavy atom. The zero-order valence-electron chi connectivity index (χ0n) is 17.9. The van der Waals surface area contributed by atoms with Gasteiger partial charge in [0.05, 0.1) is 18.1 Å². The molecule has 0 spiro atoms. The molecule has 1 aliphatic rings. The van der Waals surface area contributed by atoms with Gasteiger partial charge >= 0.3 is 0 Å². The molecule has 0 radical (unpaired) electrons. The molecule has 0 aliphatic carbocycles. The minimum Gasteiger partial charge on any atom is -0.379 e. The molecule has 0 saturated carbocycles. The summed E-state index contributed by atoms with van der Waals surface area (Å²) < 4.78 is 32.7. The Morgan fingerprint density at radius 3 is 2.55 bits per heavy atom. The molecule has 0 unspecified atom stereocenters. The minimum atomic E-state index is -3.81. The summed E-state index contributed by atoms with van der Waals surface area (Å²) in [4.78, 5) is 13.6. The summed E-state index contributed by atoms with van der Waals surface area (Å²) in [6.45, 7) is 4.23. The number of hydrogen-bond acceptors (Lipinski definition) is 6. The molecule has 2 aromatic carbocycles. The van der Waals surface area contributed by atoms with Crippen LogP contribution in [0, 0.1) is 0 Å². The number of nitrogens with zero attached hydrogens (tertiary/aromatic N) is 2. The van der Waals surface area contributed by atoms with Gasteiger partial charge in [-0.25, -0.2) is 17.9 Å². The summed E-state index contributed by atoms with van der Waals surface area (Å²) in [5.74, 6) is -0.700. The lowest BCUT2D eigenvalue weighted by atomic mass is 10.0. The van der Waals surface area contributed by atoms with Crippen LogP contribution in [0.3, 0.4) is 0 Å². The normalized spacial score (nSPS) is 15.1. The van der Waals surface area contributed by atoms with Crippen molar-refractivity contribution < 1.29 is 23.2 Å². The molecule has 4 rings (SSSR count). The molecule has 3 aromatic rings. The maximum absolute atomic E-state index is 13.1. The fourth-order valence-electron chi connectivity index (χ4n) is 3.63. The number of ether oxygens (including phenoxy) is 1. The van der Waals surface area contributed by atoms with Crippen molar-refractivity contribution in [1.82, 2.24) is 14.4 Å². The molecule has 33 heavy (non-hydrogen) atoms. The van der Waals surface area contributed by atoms with E-state index in [0.29, 0.717) is 5.56 Å². The van der Waals surface area contributed by atoms with Gasteiger partial charge in [0.1, 0.15) is 0 Å². The molecule has 1 saturated heterocycles. The van der Waals surface area contributed by atoms with Crippen molar-refractivity contribution in [2.45, 2.75) is 11.4 Å². The van der Waals surface area contributed by atoms with Gasteiger partial charge in [-0.15, -0.1) is 0 Å². The zero-order valence-corrected chi connectivity index (χ0v) is 18.7. The number of hydrogen-bond donors (Lipinski definition) is 2. The van der Waals surface area contributed by atoms with Crippen LogP contribution in [-0.4, -0.2) is 54.7 Å². The van der Waals surface area contributed by atoms with Gasteiger partial charge in [0.15, 0.2) is 0 Å². The van der Waals surface area contributed by atoms with Crippen LogP contribution in [-0.2, 0) is 26.1 Å². The highest BCUT2D eigenvalue weighted by molar-refractivity contribution is 7.90. The number of benzene rings is 2. The maximum atomic E-state index is 13.1. The van der Waals surface area contributed by atoms with Gasteiger partial charge in [0.2, 0.25) is 0 Å². The van der Waals surface area contributed by atoms with E-state index in [1.54, 1.807) is 24.3 Å². The van der Waals surface area contributed by atoms with E-state index < -0.39 is 15.9 Å². The lowest BCUT2D eigenvalue weighted by Crippen LogP contribution is -2.35. The first-order valence-corrected chi connectivity index (χ1v) is 11.9. The monoisotopic (exact) mass is 467 g/mol. The van der Waals surface area contributed by atoms with Gasteiger partial charge in [-0.3, -0.25) is 14.9 Å². The third-order valence-electron chi connectivity index (χ3n) is 5.43. The van der Waals surface area contributed by atoms with E-state index in [9.17, 15) is 13.2 Å². The van der Waals surface area contributed by atoms with E-state index in [0.717, 1.165) is 54.0 Å². The molecular weight excluding hydrogens is 442 g/mol. The Morgan fingerprint density at radius 2 is 1.82 bits per heavy atom. The molecule has 9 heteroatoms. The summed E-state index contributed by atoms with van der Waals surface area (Å²) in [6, 6.07) is 16.5. The number of nitrogens with one attached hydrogen (secondary N) is 1. The number of rotatable bonds is 7. The third kappa shape index (κ3) is 5.58. The van der Waals surface area contributed by atoms with Gasteiger partial charge in [-0.1, -0.05) is 36.4 Å². The Labute approximate surface area is 192 Å². The van der Waals surface area contributed by atoms with Gasteiger partial charge in [0.25, 0.3) is 15.9 Å². The molecule has 1 aliphatic heterocycles. The van der Waals surface area contributed by atoms with Gasteiger partial charge in [-0.05, 0) is 46.5 Å². The average molecular weight is 468 g/mol. The summed E-state index contributed by atoms with van der Waals surface area (Å²) >= 11 is 0. The summed E-state index contributed by atoms with van der Waals surface area (Å²) in [5.41, 5.74) is 4.94. The number of amides is 1. The van der Waals surface area contributed by atoms with Crippen LogP contribution in [0.4, 0.5) is 0 Å². The number of carbonyl (C=O) groups is 1. The summed E-state index contributed by atoms with van der Waals surface area (Å²) in [6.07, 6.45) is 5.34. The summed E-state index contributed by atoms with van der Waals surface area (Å²) in [5, 5.41) is 8.55. The maximum Gasteiger partial charge on any atom is 0.267 e. The fourth-order valence-corrected chi connectivity index (χ4v) is 4.88. The van der Waals surface area contributed by atoms with Crippen LogP contribution >= 0.6 is 0 Å². The second-order valence-corrected chi connectivity index (χ2v) is 9.55. The van der Waals surface area contributed by atoms with Gasteiger partial charge < -0.3 is 4.74 Å². The van der Waals surface area contributed by atoms with Crippen LogP contribution in [0.15, 0.2) is 78.0 Å². The molecule has 8 nitrogen and oxygen atoms in total. The van der Waals surface area contributed by atoms with Crippen LogP contribution < -0.4 is 5.48 Å². The van der Waals surface area contributed by atoms with Crippen molar-refractivity contribution in [3.05, 3.63) is 84.2 Å². The predicted octanol–water partition coefficient (Wildman–Crippen LogP) is 2.74. The van der Waals surface area contributed by atoms with Crippen LogP contribution in [0.1, 0.15) is 11.1 Å². The first-order chi connectivity index (χ1) is 16.0. The lowest BCUT2D eigenvalue weighted by Gasteiger charge is -2.26. The molecular formula is C24H25N3O5S. The molecule has 172 valence electrons. The minimum absolute atomic E-state index is 0.164.